The molecule has 0 aromatic carbocycles. The van der Waals surface area contributed by atoms with E-state index in [1.54, 1.807) is 6.07 Å². The molecule has 0 saturated carbocycles. The molecule has 0 fully saturated rings. The lowest BCUT2D eigenvalue weighted by molar-refractivity contribution is 0.0563. The molecule has 1 rings (SSSR count). The maximum absolute atomic E-state index is 11.3. The largest absolute Gasteiger partial charge is 0.463 e. The maximum atomic E-state index is 11.3. The van der Waals surface area contributed by atoms with Crippen molar-refractivity contribution in [2.45, 2.75) is 20.4 Å². The molecule has 0 saturated heterocycles. The van der Waals surface area contributed by atoms with Gasteiger partial charge < -0.3 is 14.5 Å². The number of esters is 1. The van der Waals surface area contributed by atoms with Crippen LogP contribution in [0, 0.1) is 0 Å². The zero-order valence-electron chi connectivity index (χ0n) is 9.87. The van der Waals surface area contributed by atoms with E-state index in [-0.39, 0.29) is 5.76 Å². The minimum absolute atomic E-state index is 0.271. The van der Waals surface area contributed by atoms with Gasteiger partial charge in [-0.2, -0.15) is 0 Å². The Morgan fingerprint density at radius 2 is 2.31 bits per heavy atom. The van der Waals surface area contributed by atoms with Gasteiger partial charge in [0.1, 0.15) is 0 Å². The lowest BCUT2D eigenvalue weighted by Crippen LogP contribution is -2.15. The number of carbonyl (C=O) groups excluding carboxylic acids is 1. The quantitative estimate of drug-likeness (QED) is 0.472. The molecule has 4 nitrogen and oxygen atoms in total. The number of allylic oxidation sites excluding steroid dienone is 1. The minimum Gasteiger partial charge on any atom is -0.463 e. The Morgan fingerprint density at radius 3 is 2.94 bits per heavy atom. The second-order valence-corrected chi connectivity index (χ2v) is 3.68. The molecule has 1 N–H and O–H groups in total. The highest BCUT2D eigenvalue weighted by Crippen LogP contribution is 2.11. The highest BCUT2D eigenvalue weighted by atomic mass is 16.5. The molecule has 0 atom stereocenters. The Morgan fingerprint density at radius 1 is 1.56 bits per heavy atom. The normalized spacial score (nSPS) is 9.94. The lowest BCUT2D eigenvalue weighted by atomic mass is 10.2. The summed E-state index contributed by atoms with van der Waals surface area (Å²) in [5.41, 5.74) is 2.07. The van der Waals surface area contributed by atoms with Crippen LogP contribution in [0.15, 0.2) is 28.4 Å². The summed E-state index contributed by atoms with van der Waals surface area (Å²) >= 11 is 0. The van der Waals surface area contributed by atoms with Gasteiger partial charge >= 0.3 is 5.97 Å². The van der Waals surface area contributed by atoms with Crippen LogP contribution in [0.25, 0.3) is 0 Å². The van der Waals surface area contributed by atoms with Crippen molar-refractivity contribution in [3.8, 4) is 0 Å². The number of ether oxygens (including phenoxy) is 1. The molecule has 0 aliphatic heterocycles. The topological polar surface area (TPSA) is 51.5 Å². The van der Waals surface area contributed by atoms with E-state index in [1.165, 1.54) is 18.9 Å². The average Bonchev–Trinajstić information content (AvgIpc) is 2.71. The predicted octanol–water partition coefficient (Wildman–Crippen LogP) is 2.12. The van der Waals surface area contributed by atoms with Crippen molar-refractivity contribution in [2.75, 3.05) is 13.7 Å². The molecule has 1 aromatic rings. The van der Waals surface area contributed by atoms with Crippen molar-refractivity contribution in [2.24, 2.45) is 0 Å². The Kier molecular flexibility index (Phi) is 4.79. The third-order valence-electron chi connectivity index (χ3n) is 2.09. The summed E-state index contributed by atoms with van der Waals surface area (Å²) in [6, 6.07) is 1.77. The summed E-state index contributed by atoms with van der Waals surface area (Å²) in [7, 11) is 1.34. The van der Waals surface area contributed by atoms with Gasteiger partial charge in [-0.05, 0) is 19.9 Å². The zero-order chi connectivity index (χ0) is 12.0. The molecule has 4 heteroatoms. The summed E-state index contributed by atoms with van der Waals surface area (Å²) in [6.45, 7) is 5.44. The molecule has 0 bridgehead atoms. The fraction of sp³-hybridized carbons (Fsp3) is 0.417. The van der Waals surface area contributed by atoms with Gasteiger partial charge in [-0.1, -0.05) is 11.6 Å². The van der Waals surface area contributed by atoms with Crippen molar-refractivity contribution in [1.29, 1.82) is 0 Å². The Balaban J connectivity index is 2.51. The first-order valence-electron chi connectivity index (χ1n) is 5.14. The maximum Gasteiger partial charge on any atom is 0.374 e. The van der Waals surface area contributed by atoms with Crippen molar-refractivity contribution < 1.29 is 13.9 Å². The van der Waals surface area contributed by atoms with Crippen LogP contribution in [-0.2, 0) is 11.3 Å². The molecule has 0 unspecified atom stereocenters. The lowest BCUT2D eigenvalue weighted by Gasteiger charge is -2.02. The first kappa shape index (κ1) is 12.5. The van der Waals surface area contributed by atoms with Crippen LogP contribution < -0.4 is 5.32 Å². The number of furan rings is 1. The minimum atomic E-state index is -0.441. The van der Waals surface area contributed by atoms with Crippen molar-refractivity contribution in [1.82, 2.24) is 5.32 Å². The Bertz CT molecular complexity index is 375. The van der Waals surface area contributed by atoms with E-state index < -0.39 is 5.97 Å². The molecule has 0 aliphatic carbocycles. The summed E-state index contributed by atoms with van der Waals surface area (Å²) in [5, 5.41) is 3.19. The zero-order valence-corrected chi connectivity index (χ0v) is 9.87. The SMILES string of the molecule is COC(=O)c1occc1CNCC=C(C)C. The van der Waals surface area contributed by atoms with Gasteiger partial charge in [-0.3, -0.25) is 0 Å². The van der Waals surface area contributed by atoms with Gasteiger partial charge in [-0.25, -0.2) is 4.79 Å². The van der Waals surface area contributed by atoms with Crippen molar-refractivity contribution in [3.05, 3.63) is 35.3 Å². The third kappa shape index (κ3) is 3.55. The van der Waals surface area contributed by atoms with Crippen molar-refractivity contribution in [3.63, 3.8) is 0 Å². The molecule has 0 radical (unpaired) electrons. The van der Waals surface area contributed by atoms with Crippen LogP contribution in [0.5, 0.6) is 0 Å². The third-order valence-corrected chi connectivity index (χ3v) is 2.09. The van der Waals surface area contributed by atoms with E-state index in [0.29, 0.717) is 6.54 Å². The van der Waals surface area contributed by atoms with E-state index in [9.17, 15) is 4.79 Å². The Hall–Kier alpha value is -1.55. The van der Waals surface area contributed by atoms with Gasteiger partial charge in [0, 0.05) is 18.7 Å². The van der Waals surface area contributed by atoms with Crippen LogP contribution in [0.4, 0.5) is 0 Å². The number of carbonyl (C=O) groups is 1. The molecule has 88 valence electrons. The smallest absolute Gasteiger partial charge is 0.374 e. The highest BCUT2D eigenvalue weighted by Gasteiger charge is 2.14. The van der Waals surface area contributed by atoms with Crippen LogP contribution in [0.1, 0.15) is 30.0 Å². The Labute approximate surface area is 95.3 Å². The van der Waals surface area contributed by atoms with Crippen LogP contribution >= 0.6 is 0 Å². The van der Waals surface area contributed by atoms with Gasteiger partial charge in [0.25, 0.3) is 0 Å². The van der Waals surface area contributed by atoms with E-state index in [2.05, 4.69) is 16.1 Å². The molecule has 0 spiro atoms. The number of nitrogens with one attached hydrogen (secondary N) is 1. The van der Waals surface area contributed by atoms with Crippen LogP contribution in [-0.4, -0.2) is 19.6 Å². The first-order valence-corrected chi connectivity index (χ1v) is 5.14. The molecule has 1 aromatic heterocycles. The van der Waals surface area contributed by atoms with Gasteiger partial charge in [0.05, 0.1) is 13.4 Å². The molecule has 16 heavy (non-hydrogen) atoms. The predicted molar refractivity (Wildman–Crippen MR) is 61.2 cm³/mol. The summed E-state index contributed by atoms with van der Waals surface area (Å²) in [5.74, 6) is -0.170. The molecular formula is C12H17NO3. The van der Waals surface area contributed by atoms with Crippen molar-refractivity contribution >= 4 is 5.97 Å². The van der Waals surface area contributed by atoms with E-state index in [4.69, 9.17) is 4.42 Å². The molecule has 1 heterocycles. The van der Waals surface area contributed by atoms with E-state index in [0.717, 1.165) is 12.1 Å². The van der Waals surface area contributed by atoms with E-state index >= 15 is 0 Å². The van der Waals surface area contributed by atoms with Crippen LogP contribution in [0.3, 0.4) is 0 Å². The first-order chi connectivity index (χ1) is 7.65. The second kappa shape index (κ2) is 6.12. The fourth-order valence-electron chi connectivity index (χ4n) is 1.23. The van der Waals surface area contributed by atoms with Gasteiger partial charge in [0.15, 0.2) is 0 Å². The van der Waals surface area contributed by atoms with Gasteiger partial charge in [0.2, 0.25) is 5.76 Å². The molecule has 0 aliphatic rings. The number of hydrogen-bond donors (Lipinski definition) is 1. The van der Waals surface area contributed by atoms with E-state index in [1.807, 2.05) is 13.8 Å². The fourth-order valence-corrected chi connectivity index (χ4v) is 1.23. The summed E-state index contributed by atoms with van der Waals surface area (Å²) in [6.07, 6.45) is 3.57. The number of rotatable bonds is 5. The molecular weight excluding hydrogens is 206 g/mol. The number of methoxy groups -OCH3 is 1. The standard InChI is InChI=1S/C12H17NO3/c1-9(2)4-6-13-8-10-5-7-16-11(10)12(14)15-3/h4-5,7,13H,6,8H2,1-3H3. The second-order valence-electron chi connectivity index (χ2n) is 3.68. The van der Waals surface area contributed by atoms with Crippen LogP contribution in [0.2, 0.25) is 0 Å². The summed E-state index contributed by atoms with van der Waals surface area (Å²) in [4.78, 5) is 11.3. The molecule has 0 amide bonds. The van der Waals surface area contributed by atoms with Gasteiger partial charge in [-0.15, -0.1) is 0 Å². The monoisotopic (exact) mass is 223 g/mol. The average molecular weight is 223 g/mol. The highest BCUT2D eigenvalue weighted by molar-refractivity contribution is 5.87. The summed E-state index contributed by atoms with van der Waals surface area (Å²) < 4.78 is 9.67. The number of hydrogen-bond acceptors (Lipinski definition) is 4.